The number of ether oxygens (including phenoxy) is 1. The molecule has 0 heterocycles. The van der Waals surface area contributed by atoms with Crippen molar-refractivity contribution < 1.29 is 4.74 Å². The van der Waals surface area contributed by atoms with E-state index in [-0.39, 0.29) is 0 Å². The van der Waals surface area contributed by atoms with Gasteiger partial charge in [0.2, 0.25) is 0 Å². The van der Waals surface area contributed by atoms with E-state index < -0.39 is 0 Å². The molecule has 0 saturated heterocycles. The van der Waals surface area contributed by atoms with E-state index in [1.165, 1.54) is 17.5 Å². The molecular weight excluding hydrogens is 260 g/mol. The predicted molar refractivity (Wildman–Crippen MR) is 90.9 cm³/mol. The zero-order valence-electron chi connectivity index (χ0n) is 14.6. The lowest BCUT2D eigenvalue weighted by atomic mass is 10.0. The summed E-state index contributed by atoms with van der Waals surface area (Å²) in [4.78, 5) is 2.38. The van der Waals surface area contributed by atoms with E-state index in [0.717, 1.165) is 24.8 Å². The molecule has 0 aromatic heterocycles. The number of benzene rings is 1. The molecule has 21 heavy (non-hydrogen) atoms. The van der Waals surface area contributed by atoms with Gasteiger partial charge in [-0.1, -0.05) is 19.9 Å². The zero-order chi connectivity index (χ0) is 15.8. The molecule has 120 valence electrons. The Hall–Kier alpha value is -1.06. The van der Waals surface area contributed by atoms with Crippen LogP contribution >= 0.6 is 0 Å². The maximum absolute atomic E-state index is 5.78. The first kappa shape index (κ1) is 18.0. The van der Waals surface area contributed by atoms with Crippen molar-refractivity contribution in [1.29, 1.82) is 0 Å². The van der Waals surface area contributed by atoms with Crippen molar-refractivity contribution in [2.45, 2.75) is 46.7 Å². The van der Waals surface area contributed by atoms with Gasteiger partial charge in [0.15, 0.2) is 0 Å². The second kappa shape index (κ2) is 9.06. The monoisotopic (exact) mass is 292 g/mol. The minimum atomic E-state index is 0.361. The summed E-state index contributed by atoms with van der Waals surface area (Å²) < 4.78 is 5.78. The Kier molecular flexibility index (Phi) is 7.76. The Balaban J connectivity index is 2.84. The van der Waals surface area contributed by atoms with Gasteiger partial charge in [-0.3, -0.25) is 0 Å². The Morgan fingerprint density at radius 1 is 1.24 bits per heavy atom. The van der Waals surface area contributed by atoms with Crippen molar-refractivity contribution in [3.05, 3.63) is 29.3 Å². The zero-order valence-corrected chi connectivity index (χ0v) is 14.6. The van der Waals surface area contributed by atoms with E-state index in [1.54, 1.807) is 0 Å². The van der Waals surface area contributed by atoms with Crippen LogP contribution in [0.3, 0.4) is 0 Å². The molecule has 0 aliphatic rings. The summed E-state index contributed by atoms with van der Waals surface area (Å²) in [6, 6.07) is 6.90. The third-order valence-electron chi connectivity index (χ3n) is 3.85. The predicted octanol–water partition coefficient (Wildman–Crippen LogP) is 3.84. The topological polar surface area (TPSA) is 24.5 Å². The Bertz CT molecular complexity index is 418. The van der Waals surface area contributed by atoms with E-state index in [0.29, 0.717) is 12.6 Å². The van der Waals surface area contributed by atoms with Crippen molar-refractivity contribution in [3.8, 4) is 5.75 Å². The molecule has 1 aromatic carbocycles. The Morgan fingerprint density at radius 3 is 2.52 bits per heavy atom. The third-order valence-corrected chi connectivity index (χ3v) is 3.85. The number of nitrogens with one attached hydrogen (secondary N) is 1. The summed E-state index contributed by atoms with van der Waals surface area (Å²) in [5.41, 5.74) is 2.59. The molecule has 1 aromatic rings. The van der Waals surface area contributed by atoms with Crippen molar-refractivity contribution >= 4 is 0 Å². The average Bonchev–Trinajstić information content (AvgIpc) is 2.46. The molecule has 0 aliphatic carbocycles. The molecule has 0 aliphatic heterocycles. The van der Waals surface area contributed by atoms with Gasteiger partial charge in [-0.05, 0) is 64.5 Å². The van der Waals surface area contributed by atoms with Crippen LogP contribution < -0.4 is 10.1 Å². The summed E-state index contributed by atoms with van der Waals surface area (Å²) in [6.07, 6.45) is 1.23. The third kappa shape index (κ3) is 6.06. The summed E-state index contributed by atoms with van der Waals surface area (Å²) in [7, 11) is 4.18. The molecule has 3 nitrogen and oxygen atoms in total. The van der Waals surface area contributed by atoms with Crippen LogP contribution in [0.15, 0.2) is 18.2 Å². The van der Waals surface area contributed by atoms with Gasteiger partial charge < -0.3 is 15.0 Å². The van der Waals surface area contributed by atoms with Crippen LogP contribution in [-0.4, -0.2) is 32.1 Å². The maximum atomic E-state index is 5.78. The fourth-order valence-corrected chi connectivity index (χ4v) is 2.30. The van der Waals surface area contributed by atoms with E-state index in [9.17, 15) is 0 Å². The summed E-state index contributed by atoms with van der Waals surface area (Å²) in [5.74, 6) is 1.76. The number of hydrogen-bond donors (Lipinski definition) is 1. The first-order valence-electron chi connectivity index (χ1n) is 8.09. The SMILES string of the molecule is CCOc1ccc(C(C)NC)cc1CN(C)CCC(C)C. The largest absolute Gasteiger partial charge is 0.494 e. The summed E-state index contributed by atoms with van der Waals surface area (Å²) in [5, 5.41) is 3.30. The molecule has 1 rings (SSSR count). The number of hydrogen-bond acceptors (Lipinski definition) is 3. The quantitative estimate of drug-likeness (QED) is 0.748. The standard InChI is InChI=1S/C18H32N2O/c1-7-21-18-9-8-16(15(4)19-5)12-17(18)13-20(6)11-10-14(2)3/h8-9,12,14-15,19H,7,10-11,13H2,1-6H3. The lowest BCUT2D eigenvalue weighted by Gasteiger charge is -2.21. The van der Waals surface area contributed by atoms with E-state index in [1.807, 2.05) is 14.0 Å². The number of rotatable bonds is 9. The molecule has 0 spiro atoms. The smallest absolute Gasteiger partial charge is 0.123 e. The highest BCUT2D eigenvalue weighted by atomic mass is 16.5. The van der Waals surface area contributed by atoms with Crippen LogP contribution in [0.1, 0.15) is 51.3 Å². The van der Waals surface area contributed by atoms with Gasteiger partial charge in [-0.25, -0.2) is 0 Å². The molecule has 0 radical (unpaired) electrons. The van der Waals surface area contributed by atoms with Gasteiger partial charge in [0.1, 0.15) is 5.75 Å². The molecule has 0 amide bonds. The van der Waals surface area contributed by atoms with Crippen LogP contribution in [0, 0.1) is 5.92 Å². The molecule has 3 heteroatoms. The van der Waals surface area contributed by atoms with Gasteiger partial charge in [0.25, 0.3) is 0 Å². The van der Waals surface area contributed by atoms with E-state index in [4.69, 9.17) is 4.74 Å². The van der Waals surface area contributed by atoms with Crippen molar-refractivity contribution in [1.82, 2.24) is 10.2 Å². The normalized spacial score (nSPS) is 13.0. The minimum absolute atomic E-state index is 0.361. The Labute approximate surface area is 130 Å². The van der Waals surface area contributed by atoms with Gasteiger partial charge in [0.05, 0.1) is 6.61 Å². The van der Waals surface area contributed by atoms with E-state index in [2.05, 4.69) is 56.2 Å². The lowest BCUT2D eigenvalue weighted by Crippen LogP contribution is -2.21. The van der Waals surface area contributed by atoms with Crippen LogP contribution in [0.4, 0.5) is 0 Å². The highest BCUT2D eigenvalue weighted by molar-refractivity contribution is 5.38. The highest BCUT2D eigenvalue weighted by Gasteiger charge is 2.11. The van der Waals surface area contributed by atoms with Crippen LogP contribution in [0.5, 0.6) is 5.75 Å². The van der Waals surface area contributed by atoms with Crippen LogP contribution in [0.2, 0.25) is 0 Å². The van der Waals surface area contributed by atoms with Crippen LogP contribution in [0.25, 0.3) is 0 Å². The fourth-order valence-electron chi connectivity index (χ4n) is 2.30. The van der Waals surface area contributed by atoms with Crippen molar-refractivity contribution in [3.63, 3.8) is 0 Å². The molecule has 1 unspecified atom stereocenters. The fraction of sp³-hybridized carbons (Fsp3) is 0.667. The van der Waals surface area contributed by atoms with Gasteiger partial charge in [-0.15, -0.1) is 0 Å². The summed E-state index contributed by atoms with van der Waals surface area (Å²) in [6.45, 7) is 11.5. The average molecular weight is 292 g/mol. The maximum Gasteiger partial charge on any atom is 0.123 e. The minimum Gasteiger partial charge on any atom is -0.494 e. The lowest BCUT2D eigenvalue weighted by molar-refractivity contribution is 0.289. The Morgan fingerprint density at radius 2 is 1.95 bits per heavy atom. The molecule has 0 bridgehead atoms. The van der Waals surface area contributed by atoms with Gasteiger partial charge in [-0.2, -0.15) is 0 Å². The summed E-state index contributed by atoms with van der Waals surface area (Å²) >= 11 is 0. The van der Waals surface area contributed by atoms with Crippen molar-refractivity contribution in [2.75, 3.05) is 27.2 Å². The van der Waals surface area contributed by atoms with Crippen molar-refractivity contribution in [2.24, 2.45) is 5.92 Å². The molecule has 1 N–H and O–H groups in total. The highest BCUT2D eigenvalue weighted by Crippen LogP contribution is 2.25. The molecule has 1 atom stereocenters. The number of nitrogens with zero attached hydrogens (tertiary/aromatic N) is 1. The van der Waals surface area contributed by atoms with Crippen LogP contribution in [-0.2, 0) is 6.54 Å². The first-order valence-corrected chi connectivity index (χ1v) is 8.09. The van der Waals surface area contributed by atoms with E-state index >= 15 is 0 Å². The second-order valence-electron chi connectivity index (χ2n) is 6.23. The molecule has 0 fully saturated rings. The van der Waals surface area contributed by atoms with Gasteiger partial charge >= 0.3 is 0 Å². The first-order chi connectivity index (χ1) is 9.97. The van der Waals surface area contributed by atoms with Gasteiger partial charge in [0, 0.05) is 18.2 Å². The molecular formula is C18H32N2O. The second-order valence-corrected chi connectivity index (χ2v) is 6.23. The molecule has 0 saturated carbocycles.